The van der Waals surface area contributed by atoms with Gasteiger partial charge in [-0.2, -0.15) is 0 Å². The van der Waals surface area contributed by atoms with Crippen molar-refractivity contribution in [2.75, 3.05) is 25.5 Å². The summed E-state index contributed by atoms with van der Waals surface area (Å²) in [5.41, 5.74) is 2.48. The zero-order chi connectivity index (χ0) is 20.8. The van der Waals surface area contributed by atoms with E-state index in [4.69, 9.17) is 0 Å². The molecule has 0 atom stereocenters. The topological polar surface area (TPSA) is 19.9 Å². The Hall–Kier alpha value is -2.06. The Balaban J connectivity index is 0. The van der Waals surface area contributed by atoms with Gasteiger partial charge in [0.05, 0.1) is 12.7 Å². The number of nitrogens with two attached hydrogens (primary N) is 1. The molecule has 2 heteroatoms. The van der Waals surface area contributed by atoms with Crippen molar-refractivity contribution in [1.29, 1.82) is 0 Å². The molecule has 0 saturated heterocycles. The van der Waals surface area contributed by atoms with Gasteiger partial charge < -0.3 is 10.2 Å². The van der Waals surface area contributed by atoms with Crippen molar-refractivity contribution in [3.8, 4) is 0 Å². The van der Waals surface area contributed by atoms with Gasteiger partial charge in [0.15, 0.2) is 0 Å². The zero-order valence-corrected chi connectivity index (χ0v) is 18.5. The van der Waals surface area contributed by atoms with E-state index in [0.29, 0.717) is 0 Å². The molecule has 0 amide bonds. The predicted molar refractivity (Wildman–Crippen MR) is 126 cm³/mol. The number of nitrogens with zero attached hydrogens (tertiary/aromatic N) is 1. The molecule has 0 heterocycles. The zero-order valence-electron chi connectivity index (χ0n) is 18.5. The van der Waals surface area contributed by atoms with E-state index in [0.717, 1.165) is 6.42 Å². The Kier molecular flexibility index (Phi) is 22.1. The Morgan fingerprint density at radius 3 is 2.19 bits per heavy atom. The summed E-state index contributed by atoms with van der Waals surface area (Å²) in [5, 5.41) is 2.27. The molecule has 0 aromatic heterocycles. The Bertz CT molecular complexity index is 496. The van der Waals surface area contributed by atoms with Crippen molar-refractivity contribution in [1.82, 2.24) is 0 Å². The standard InChI is InChI=1S/C21H32N2.C2H6.C2H4/c1-4-5-6-11-18-22-19-12-9-7-8-10-13-20-14-16-21(17-15-20)23(2)3;2*1-2/h7,9-10,12-17,19,22H,4-6,8,11,18H2,1-3H3;1-2H3;1-2H2/p+1/b9-7-,13-10+,19-12-;;. The van der Waals surface area contributed by atoms with Gasteiger partial charge in [0, 0.05) is 19.8 Å². The summed E-state index contributed by atoms with van der Waals surface area (Å²) < 4.78 is 0. The smallest absolute Gasteiger partial charge is 0.0925 e. The summed E-state index contributed by atoms with van der Waals surface area (Å²) >= 11 is 0. The number of quaternary nitrogens is 1. The summed E-state index contributed by atoms with van der Waals surface area (Å²) in [6.45, 7) is 13.5. The van der Waals surface area contributed by atoms with Crippen molar-refractivity contribution in [2.45, 2.75) is 52.9 Å². The van der Waals surface area contributed by atoms with Crippen LogP contribution in [0.25, 0.3) is 6.08 Å². The normalized spacial score (nSPS) is 10.6. The van der Waals surface area contributed by atoms with Crippen molar-refractivity contribution >= 4 is 11.8 Å². The van der Waals surface area contributed by atoms with Crippen molar-refractivity contribution in [3.05, 3.63) is 73.5 Å². The SMILES string of the molecule is C=C.CC.CCCCCC[NH2+]/C=C\C=C/C/C=C/c1ccc(N(C)C)cc1. The molecule has 152 valence electrons. The van der Waals surface area contributed by atoms with Gasteiger partial charge in [-0.3, -0.25) is 0 Å². The van der Waals surface area contributed by atoms with Gasteiger partial charge in [0.1, 0.15) is 0 Å². The number of allylic oxidation sites excluding steroid dienone is 4. The molecule has 1 aromatic rings. The molecular weight excluding hydrogens is 328 g/mol. The minimum absolute atomic E-state index is 0.969. The first-order valence-electron chi connectivity index (χ1n) is 10.3. The van der Waals surface area contributed by atoms with Gasteiger partial charge in [-0.15, -0.1) is 13.2 Å². The summed E-state index contributed by atoms with van der Waals surface area (Å²) in [4.78, 5) is 2.11. The minimum atomic E-state index is 0.969. The fourth-order valence-electron chi connectivity index (χ4n) is 2.25. The van der Waals surface area contributed by atoms with Crippen molar-refractivity contribution in [3.63, 3.8) is 0 Å². The van der Waals surface area contributed by atoms with E-state index in [9.17, 15) is 0 Å². The van der Waals surface area contributed by atoms with Crippen LogP contribution in [0.4, 0.5) is 5.69 Å². The number of rotatable bonds is 11. The fourth-order valence-corrected chi connectivity index (χ4v) is 2.25. The number of hydrogen-bond acceptors (Lipinski definition) is 1. The minimum Gasteiger partial charge on any atom is -0.378 e. The third-order valence-electron chi connectivity index (χ3n) is 3.71. The van der Waals surface area contributed by atoms with Gasteiger partial charge in [0.2, 0.25) is 0 Å². The Labute approximate surface area is 169 Å². The van der Waals surface area contributed by atoms with Crippen LogP contribution in [-0.2, 0) is 0 Å². The highest BCUT2D eigenvalue weighted by molar-refractivity contribution is 5.55. The van der Waals surface area contributed by atoms with Crippen LogP contribution in [0.5, 0.6) is 0 Å². The van der Waals surface area contributed by atoms with Crippen LogP contribution < -0.4 is 10.2 Å². The van der Waals surface area contributed by atoms with Gasteiger partial charge in [-0.1, -0.05) is 70.0 Å². The van der Waals surface area contributed by atoms with Crippen LogP contribution in [0.3, 0.4) is 0 Å². The highest BCUT2D eigenvalue weighted by Crippen LogP contribution is 2.13. The highest BCUT2D eigenvalue weighted by atomic mass is 15.1. The van der Waals surface area contributed by atoms with E-state index in [1.807, 2.05) is 13.8 Å². The van der Waals surface area contributed by atoms with Gasteiger partial charge in [0.25, 0.3) is 0 Å². The van der Waals surface area contributed by atoms with Crippen molar-refractivity contribution < 1.29 is 5.32 Å². The average molecular weight is 372 g/mol. The molecule has 1 aromatic carbocycles. The van der Waals surface area contributed by atoms with Crippen LogP contribution in [0.2, 0.25) is 0 Å². The molecule has 0 aliphatic heterocycles. The molecule has 0 radical (unpaired) electrons. The molecule has 1 rings (SSSR count). The average Bonchev–Trinajstić information content (AvgIpc) is 2.72. The molecule has 2 N–H and O–H groups in total. The fraction of sp³-hybridized carbons (Fsp3) is 0.440. The molecule has 0 fully saturated rings. The second-order valence-corrected chi connectivity index (χ2v) is 6.02. The van der Waals surface area contributed by atoms with Crippen LogP contribution in [0.1, 0.15) is 58.4 Å². The summed E-state index contributed by atoms with van der Waals surface area (Å²) in [5.74, 6) is 0. The number of hydrogen-bond donors (Lipinski definition) is 1. The first-order valence-corrected chi connectivity index (χ1v) is 10.3. The molecule has 0 aliphatic rings. The predicted octanol–water partition coefficient (Wildman–Crippen LogP) is 6.20. The lowest BCUT2D eigenvalue weighted by Crippen LogP contribution is -2.77. The molecule has 0 aliphatic carbocycles. The Morgan fingerprint density at radius 1 is 0.926 bits per heavy atom. The first-order chi connectivity index (χ1) is 13.2. The van der Waals surface area contributed by atoms with Gasteiger partial charge >= 0.3 is 0 Å². The quantitative estimate of drug-likeness (QED) is 0.279. The highest BCUT2D eigenvalue weighted by Gasteiger charge is 1.92. The lowest BCUT2D eigenvalue weighted by molar-refractivity contribution is -0.588. The Morgan fingerprint density at radius 2 is 1.59 bits per heavy atom. The third-order valence-corrected chi connectivity index (χ3v) is 3.71. The monoisotopic (exact) mass is 371 g/mol. The molecule has 0 spiro atoms. The summed E-state index contributed by atoms with van der Waals surface area (Å²) in [6.07, 6.45) is 19.3. The molecule has 0 bridgehead atoms. The van der Waals surface area contributed by atoms with Crippen LogP contribution >= 0.6 is 0 Å². The lowest BCUT2D eigenvalue weighted by Gasteiger charge is -2.11. The number of anilines is 1. The molecule has 0 unspecified atom stereocenters. The van der Waals surface area contributed by atoms with E-state index in [1.165, 1.54) is 43.5 Å². The van der Waals surface area contributed by atoms with E-state index in [1.54, 1.807) is 0 Å². The van der Waals surface area contributed by atoms with E-state index in [2.05, 4.69) is 105 Å². The number of unbranched alkanes of at least 4 members (excludes halogenated alkanes) is 3. The van der Waals surface area contributed by atoms with E-state index >= 15 is 0 Å². The van der Waals surface area contributed by atoms with Gasteiger partial charge in [-0.25, -0.2) is 0 Å². The molecule has 2 nitrogen and oxygen atoms in total. The lowest BCUT2D eigenvalue weighted by atomic mass is 10.1. The van der Waals surface area contributed by atoms with Gasteiger partial charge in [-0.05, 0) is 43.0 Å². The molecule has 27 heavy (non-hydrogen) atoms. The summed E-state index contributed by atoms with van der Waals surface area (Å²) in [6, 6.07) is 8.61. The van der Waals surface area contributed by atoms with E-state index in [-0.39, 0.29) is 0 Å². The maximum atomic E-state index is 3.00. The number of benzene rings is 1. The first kappa shape index (κ1) is 27.2. The van der Waals surface area contributed by atoms with Crippen LogP contribution in [0, 0.1) is 0 Å². The van der Waals surface area contributed by atoms with Crippen molar-refractivity contribution in [2.24, 2.45) is 0 Å². The molecular formula is C25H43N2+. The maximum absolute atomic E-state index is 3.00. The van der Waals surface area contributed by atoms with E-state index < -0.39 is 0 Å². The maximum Gasteiger partial charge on any atom is 0.0925 e. The van der Waals surface area contributed by atoms with Crippen LogP contribution in [-0.4, -0.2) is 20.6 Å². The largest absolute Gasteiger partial charge is 0.378 e. The second-order valence-electron chi connectivity index (χ2n) is 6.02. The molecule has 0 saturated carbocycles. The third kappa shape index (κ3) is 17.1. The summed E-state index contributed by atoms with van der Waals surface area (Å²) in [7, 11) is 4.12. The van der Waals surface area contributed by atoms with Crippen LogP contribution in [0.15, 0.2) is 67.9 Å². The second kappa shape index (κ2) is 22.0.